The van der Waals surface area contributed by atoms with Crippen molar-refractivity contribution in [3.63, 3.8) is 0 Å². The van der Waals surface area contributed by atoms with Crippen LogP contribution < -0.4 is 10.6 Å². The second-order valence-corrected chi connectivity index (χ2v) is 7.05. The van der Waals surface area contributed by atoms with E-state index < -0.39 is 0 Å². The van der Waals surface area contributed by atoms with Crippen molar-refractivity contribution in [1.82, 2.24) is 19.8 Å². The Morgan fingerprint density at radius 2 is 2.15 bits per heavy atom. The minimum Gasteiger partial charge on any atom is -0.316 e. The molecule has 1 fully saturated rings. The highest BCUT2D eigenvalue weighted by molar-refractivity contribution is 5.91. The molecule has 1 amide bonds. The van der Waals surface area contributed by atoms with Gasteiger partial charge in [-0.25, -0.2) is 4.98 Å². The topological polar surface area (TPSA) is 62.2 Å². The average Bonchev–Trinajstić information content (AvgIpc) is 3.29. The lowest BCUT2D eigenvalue weighted by Crippen LogP contribution is -2.27. The van der Waals surface area contributed by atoms with Crippen molar-refractivity contribution in [3.05, 3.63) is 24.3 Å². The number of nitrogens with zero attached hydrogens (tertiary/aromatic N) is 3. The number of nitrogens with one attached hydrogen (secondary N) is 2. The lowest BCUT2D eigenvalue weighted by Gasteiger charge is -2.19. The number of anilines is 1. The Balaban J connectivity index is 1.69. The van der Waals surface area contributed by atoms with E-state index in [1.165, 1.54) is 6.42 Å². The molecule has 26 heavy (non-hydrogen) atoms. The van der Waals surface area contributed by atoms with E-state index in [0.29, 0.717) is 18.3 Å². The first kappa shape index (κ1) is 18.9. The number of rotatable bonds is 9. The standard InChI is InChI=1S/C20H31N5O/c1-3-24(4-2)13-14-25-18-8-6-5-7-17(18)22-20(25)23-19(26)10-9-16-11-12-21-15-16/h5-8,16,21H,3-4,9-15H2,1-2H3,(H,22,23,26)/t16-/m0/s1. The highest BCUT2D eigenvalue weighted by Gasteiger charge is 2.17. The molecular formula is C20H31N5O. The molecule has 1 aromatic heterocycles. The zero-order valence-electron chi connectivity index (χ0n) is 16.0. The first-order chi connectivity index (χ1) is 12.7. The summed E-state index contributed by atoms with van der Waals surface area (Å²) in [6.45, 7) is 10.3. The smallest absolute Gasteiger partial charge is 0.226 e. The summed E-state index contributed by atoms with van der Waals surface area (Å²) >= 11 is 0. The van der Waals surface area contributed by atoms with E-state index in [1.807, 2.05) is 18.2 Å². The van der Waals surface area contributed by atoms with E-state index >= 15 is 0 Å². The van der Waals surface area contributed by atoms with Crippen LogP contribution in [0.15, 0.2) is 24.3 Å². The number of hydrogen-bond acceptors (Lipinski definition) is 4. The number of hydrogen-bond donors (Lipinski definition) is 2. The number of fused-ring (bicyclic) bond motifs is 1. The van der Waals surface area contributed by atoms with Crippen molar-refractivity contribution in [1.29, 1.82) is 0 Å². The summed E-state index contributed by atoms with van der Waals surface area (Å²) in [5.41, 5.74) is 2.01. The predicted octanol–water partition coefficient (Wildman–Crippen LogP) is 2.71. The van der Waals surface area contributed by atoms with Gasteiger partial charge in [-0.1, -0.05) is 26.0 Å². The van der Waals surface area contributed by atoms with Crippen LogP contribution in [0.5, 0.6) is 0 Å². The molecule has 0 spiro atoms. The Hall–Kier alpha value is -1.92. The third kappa shape index (κ3) is 4.62. The lowest BCUT2D eigenvalue weighted by atomic mass is 10.0. The van der Waals surface area contributed by atoms with Gasteiger partial charge in [0.2, 0.25) is 11.9 Å². The van der Waals surface area contributed by atoms with E-state index in [1.54, 1.807) is 0 Å². The van der Waals surface area contributed by atoms with Crippen molar-refractivity contribution in [2.45, 2.75) is 39.7 Å². The van der Waals surface area contributed by atoms with Gasteiger partial charge in [-0.2, -0.15) is 0 Å². The van der Waals surface area contributed by atoms with Gasteiger partial charge in [-0.05, 0) is 57.1 Å². The zero-order valence-corrected chi connectivity index (χ0v) is 16.0. The normalized spacial score (nSPS) is 17.3. The zero-order chi connectivity index (χ0) is 18.4. The molecule has 1 atom stereocenters. The molecule has 2 aromatic rings. The Morgan fingerprint density at radius 3 is 2.88 bits per heavy atom. The monoisotopic (exact) mass is 357 g/mol. The van der Waals surface area contributed by atoms with Gasteiger partial charge in [-0.3, -0.25) is 10.1 Å². The quantitative estimate of drug-likeness (QED) is 0.724. The first-order valence-electron chi connectivity index (χ1n) is 9.89. The number of likely N-dealkylation sites (N-methyl/N-ethyl adjacent to an activating group) is 1. The van der Waals surface area contributed by atoms with Crippen LogP contribution in [0.2, 0.25) is 0 Å². The van der Waals surface area contributed by atoms with Crippen LogP contribution in [0.3, 0.4) is 0 Å². The fraction of sp³-hybridized carbons (Fsp3) is 0.600. The van der Waals surface area contributed by atoms with Crippen LogP contribution in [0, 0.1) is 5.92 Å². The van der Waals surface area contributed by atoms with Crippen LogP contribution in [-0.2, 0) is 11.3 Å². The molecule has 1 aliphatic heterocycles. The van der Waals surface area contributed by atoms with Gasteiger partial charge in [-0.15, -0.1) is 0 Å². The summed E-state index contributed by atoms with van der Waals surface area (Å²) in [5.74, 6) is 1.37. The maximum absolute atomic E-state index is 12.5. The van der Waals surface area contributed by atoms with Crippen LogP contribution in [0.25, 0.3) is 11.0 Å². The van der Waals surface area contributed by atoms with E-state index in [4.69, 9.17) is 0 Å². The highest BCUT2D eigenvalue weighted by Crippen LogP contribution is 2.21. The van der Waals surface area contributed by atoms with Crippen molar-refractivity contribution in [2.24, 2.45) is 5.92 Å². The number of aromatic nitrogens is 2. The van der Waals surface area contributed by atoms with Gasteiger partial charge in [0.15, 0.2) is 0 Å². The maximum atomic E-state index is 12.5. The molecule has 6 heteroatoms. The number of amides is 1. The van der Waals surface area contributed by atoms with Crippen LogP contribution >= 0.6 is 0 Å². The molecule has 6 nitrogen and oxygen atoms in total. The Bertz CT molecular complexity index is 716. The number of para-hydroxylation sites is 2. The average molecular weight is 358 g/mol. The lowest BCUT2D eigenvalue weighted by molar-refractivity contribution is -0.116. The van der Waals surface area contributed by atoms with Crippen molar-refractivity contribution in [3.8, 4) is 0 Å². The Labute approximate surface area is 156 Å². The summed E-state index contributed by atoms with van der Waals surface area (Å²) in [5, 5.41) is 6.42. The van der Waals surface area contributed by atoms with E-state index in [0.717, 1.165) is 56.7 Å². The molecule has 2 N–H and O–H groups in total. The Kier molecular flexibility index (Phi) is 6.63. The third-order valence-corrected chi connectivity index (χ3v) is 5.38. The van der Waals surface area contributed by atoms with Gasteiger partial charge < -0.3 is 14.8 Å². The van der Waals surface area contributed by atoms with Gasteiger partial charge in [0.25, 0.3) is 0 Å². The summed E-state index contributed by atoms with van der Waals surface area (Å²) in [6.07, 6.45) is 2.68. The molecule has 1 aliphatic rings. The van der Waals surface area contributed by atoms with Gasteiger partial charge in [0.1, 0.15) is 0 Å². The molecule has 2 heterocycles. The van der Waals surface area contributed by atoms with Gasteiger partial charge in [0.05, 0.1) is 11.0 Å². The minimum atomic E-state index is 0.0660. The second-order valence-electron chi connectivity index (χ2n) is 7.05. The van der Waals surface area contributed by atoms with E-state index in [-0.39, 0.29) is 5.91 Å². The van der Waals surface area contributed by atoms with Crippen LogP contribution in [0.1, 0.15) is 33.1 Å². The molecule has 1 saturated heterocycles. The largest absolute Gasteiger partial charge is 0.316 e. The molecule has 0 aliphatic carbocycles. The first-order valence-corrected chi connectivity index (χ1v) is 9.89. The molecule has 0 saturated carbocycles. The molecule has 1 aromatic carbocycles. The van der Waals surface area contributed by atoms with E-state index in [9.17, 15) is 4.79 Å². The fourth-order valence-corrected chi connectivity index (χ4v) is 3.66. The summed E-state index contributed by atoms with van der Waals surface area (Å²) in [7, 11) is 0. The van der Waals surface area contributed by atoms with Crippen molar-refractivity contribution < 1.29 is 4.79 Å². The minimum absolute atomic E-state index is 0.0660. The number of benzene rings is 1. The Morgan fingerprint density at radius 1 is 1.35 bits per heavy atom. The van der Waals surface area contributed by atoms with Crippen LogP contribution in [-0.4, -0.2) is 53.1 Å². The summed E-state index contributed by atoms with van der Waals surface area (Å²) in [6, 6.07) is 8.09. The molecule has 142 valence electrons. The fourth-order valence-electron chi connectivity index (χ4n) is 3.66. The highest BCUT2D eigenvalue weighted by atomic mass is 16.1. The SMILES string of the molecule is CCN(CC)CCn1c(NC(=O)CC[C@H]2CCNC2)nc2ccccc21. The number of imidazole rings is 1. The molecule has 0 unspecified atom stereocenters. The maximum Gasteiger partial charge on any atom is 0.226 e. The molecular weight excluding hydrogens is 326 g/mol. The van der Waals surface area contributed by atoms with Crippen molar-refractivity contribution >= 4 is 22.9 Å². The number of carbonyl (C=O) groups excluding carboxylic acids is 1. The van der Waals surface area contributed by atoms with Crippen molar-refractivity contribution in [2.75, 3.05) is 38.0 Å². The third-order valence-electron chi connectivity index (χ3n) is 5.38. The number of carbonyl (C=O) groups is 1. The predicted molar refractivity (Wildman–Crippen MR) is 106 cm³/mol. The second kappa shape index (κ2) is 9.14. The van der Waals surface area contributed by atoms with E-state index in [2.05, 4.69) is 45.0 Å². The van der Waals surface area contributed by atoms with Gasteiger partial charge in [0, 0.05) is 19.5 Å². The molecule has 0 bridgehead atoms. The summed E-state index contributed by atoms with van der Waals surface area (Å²) in [4.78, 5) is 19.5. The molecule has 0 radical (unpaired) electrons. The van der Waals surface area contributed by atoms with Gasteiger partial charge >= 0.3 is 0 Å². The molecule has 3 rings (SSSR count). The summed E-state index contributed by atoms with van der Waals surface area (Å²) < 4.78 is 2.14. The van der Waals surface area contributed by atoms with Crippen LogP contribution in [0.4, 0.5) is 5.95 Å².